The number of benzene rings is 2. The summed E-state index contributed by atoms with van der Waals surface area (Å²) in [6.45, 7) is 6.09. The third-order valence-electron chi connectivity index (χ3n) is 4.88. The van der Waals surface area contributed by atoms with Crippen LogP contribution in [0.5, 0.6) is 0 Å². The first-order chi connectivity index (χ1) is 13.6. The molecule has 3 aromatic rings. The third-order valence-corrected chi connectivity index (χ3v) is 6.09. The van der Waals surface area contributed by atoms with Gasteiger partial charge in [-0.3, -0.25) is 4.79 Å². The molecule has 0 aliphatic carbocycles. The Morgan fingerprint density at radius 3 is 2.68 bits per heavy atom. The van der Waals surface area contributed by atoms with Gasteiger partial charge < -0.3 is 10.7 Å². The third kappa shape index (κ3) is 3.49. The number of anilines is 1. The number of hydrogen-bond acceptors (Lipinski definition) is 5. The zero-order chi connectivity index (χ0) is 19.7. The molecule has 144 valence electrons. The second-order valence-electron chi connectivity index (χ2n) is 6.95. The molecule has 0 saturated carbocycles. The van der Waals surface area contributed by atoms with E-state index in [0.29, 0.717) is 5.16 Å². The number of hydrogen-bond donors (Lipinski definition) is 2. The van der Waals surface area contributed by atoms with Crippen LogP contribution in [0.15, 0.2) is 53.7 Å². The molecule has 0 radical (unpaired) electrons. The Kier molecular flexibility index (Phi) is 5.09. The average molecular weight is 394 g/mol. The van der Waals surface area contributed by atoms with E-state index in [1.165, 1.54) is 17.3 Å². The molecule has 1 amide bonds. The molecule has 28 heavy (non-hydrogen) atoms. The molecule has 0 bridgehead atoms. The predicted molar refractivity (Wildman–Crippen MR) is 112 cm³/mol. The van der Waals surface area contributed by atoms with Crippen LogP contribution in [0.25, 0.3) is 0 Å². The van der Waals surface area contributed by atoms with Gasteiger partial charge in [-0.05, 0) is 31.0 Å². The Labute approximate surface area is 168 Å². The number of nitrogens with zero attached hydrogens (tertiary/aromatic N) is 3. The number of aromatic nitrogens is 3. The fraction of sp³-hybridized carbons (Fsp3) is 0.286. The van der Waals surface area contributed by atoms with Crippen molar-refractivity contribution in [2.45, 2.75) is 43.6 Å². The number of fused-ring (bicyclic) bond motifs is 1. The minimum absolute atomic E-state index is 0.0504. The van der Waals surface area contributed by atoms with Crippen molar-refractivity contribution in [3.8, 4) is 0 Å². The molecular formula is C21H23N5OS. The molecule has 1 aliphatic heterocycles. The summed E-state index contributed by atoms with van der Waals surface area (Å²) in [5.41, 5.74) is 7.58. The molecule has 0 fully saturated rings. The van der Waals surface area contributed by atoms with Gasteiger partial charge in [0.2, 0.25) is 11.1 Å². The van der Waals surface area contributed by atoms with E-state index in [9.17, 15) is 4.79 Å². The SMILES string of the molecule is CCc1nnc2n1N[C@H](c1ccccc1)[C@H](C(=O)Nc1ccc(C)cc1C)S2. The highest BCUT2D eigenvalue weighted by Gasteiger charge is 2.37. The second kappa shape index (κ2) is 7.67. The van der Waals surface area contributed by atoms with Crippen LogP contribution < -0.4 is 10.7 Å². The minimum atomic E-state index is -0.371. The van der Waals surface area contributed by atoms with Crippen LogP contribution in [0.2, 0.25) is 0 Å². The van der Waals surface area contributed by atoms with E-state index in [0.717, 1.165) is 29.1 Å². The highest BCUT2D eigenvalue weighted by atomic mass is 32.2. The van der Waals surface area contributed by atoms with Gasteiger partial charge in [-0.1, -0.05) is 66.7 Å². The van der Waals surface area contributed by atoms with E-state index in [1.54, 1.807) is 0 Å². The normalized spacial score (nSPS) is 18.2. The van der Waals surface area contributed by atoms with Crippen molar-refractivity contribution in [3.63, 3.8) is 0 Å². The Morgan fingerprint density at radius 2 is 1.96 bits per heavy atom. The van der Waals surface area contributed by atoms with Crippen molar-refractivity contribution in [1.82, 2.24) is 14.9 Å². The van der Waals surface area contributed by atoms with Crippen LogP contribution in [0.3, 0.4) is 0 Å². The number of thioether (sulfide) groups is 1. The molecule has 7 heteroatoms. The van der Waals surface area contributed by atoms with Gasteiger partial charge in [-0.2, -0.15) is 0 Å². The lowest BCUT2D eigenvalue weighted by atomic mass is 10.0. The van der Waals surface area contributed by atoms with Crippen molar-refractivity contribution in [2.24, 2.45) is 0 Å². The molecule has 4 rings (SSSR count). The maximum Gasteiger partial charge on any atom is 0.240 e. The van der Waals surface area contributed by atoms with Crippen LogP contribution >= 0.6 is 11.8 Å². The summed E-state index contributed by atoms with van der Waals surface area (Å²) in [4.78, 5) is 13.2. The second-order valence-corrected chi connectivity index (χ2v) is 8.06. The van der Waals surface area contributed by atoms with Gasteiger partial charge in [0.25, 0.3) is 0 Å². The van der Waals surface area contributed by atoms with E-state index in [1.807, 2.05) is 67.9 Å². The lowest BCUT2D eigenvalue weighted by Gasteiger charge is -2.33. The van der Waals surface area contributed by atoms with E-state index in [-0.39, 0.29) is 17.2 Å². The van der Waals surface area contributed by atoms with Crippen molar-refractivity contribution >= 4 is 23.4 Å². The van der Waals surface area contributed by atoms with E-state index < -0.39 is 0 Å². The van der Waals surface area contributed by atoms with Crippen molar-refractivity contribution < 1.29 is 4.79 Å². The van der Waals surface area contributed by atoms with Gasteiger partial charge in [0.1, 0.15) is 5.25 Å². The number of carbonyl (C=O) groups is 1. The molecule has 0 spiro atoms. The molecule has 0 unspecified atom stereocenters. The number of nitrogens with one attached hydrogen (secondary N) is 2. The maximum atomic E-state index is 13.2. The number of amides is 1. The van der Waals surface area contributed by atoms with Gasteiger partial charge in [0.05, 0.1) is 6.04 Å². The summed E-state index contributed by atoms with van der Waals surface area (Å²) >= 11 is 1.45. The summed E-state index contributed by atoms with van der Waals surface area (Å²) in [6, 6.07) is 15.9. The maximum absolute atomic E-state index is 13.2. The van der Waals surface area contributed by atoms with Crippen LogP contribution in [-0.4, -0.2) is 26.0 Å². The van der Waals surface area contributed by atoms with Gasteiger partial charge in [0, 0.05) is 12.1 Å². The Morgan fingerprint density at radius 1 is 1.18 bits per heavy atom. The first-order valence-corrected chi connectivity index (χ1v) is 10.3. The molecule has 0 saturated heterocycles. The number of carbonyl (C=O) groups excluding carboxylic acids is 1. The lowest BCUT2D eigenvalue weighted by Crippen LogP contribution is -2.41. The zero-order valence-corrected chi connectivity index (χ0v) is 17.0. The van der Waals surface area contributed by atoms with Crippen LogP contribution in [0.4, 0.5) is 5.69 Å². The topological polar surface area (TPSA) is 71.8 Å². The van der Waals surface area contributed by atoms with Crippen LogP contribution in [-0.2, 0) is 11.2 Å². The van der Waals surface area contributed by atoms with Crippen molar-refractivity contribution in [3.05, 3.63) is 71.0 Å². The summed E-state index contributed by atoms with van der Waals surface area (Å²) in [7, 11) is 0. The first-order valence-electron chi connectivity index (χ1n) is 9.37. The molecule has 2 N–H and O–H groups in total. The van der Waals surface area contributed by atoms with Gasteiger partial charge >= 0.3 is 0 Å². The molecule has 1 aliphatic rings. The Bertz CT molecular complexity index is 1000. The highest BCUT2D eigenvalue weighted by molar-refractivity contribution is 8.00. The van der Waals surface area contributed by atoms with Crippen molar-refractivity contribution in [1.29, 1.82) is 0 Å². The van der Waals surface area contributed by atoms with Crippen molar-refractivity contribution in [2.75, 3.05) is 10.7 Å². The molecule has 2 aromatic carbocycles. The highest BCUT2D eigenvalue weighted by Crippen LogP contribution is 2.37. The zero-order valence-electron chi connectivity index (χ0n) is 16.1. The predicted octanol–water partition coefficient (Wildman–Crippen LogP) is 3.86. The van der Waals surface area contributed by atoms with Crippen LogP contribution in [0, 0.1) is 13.8 Å². The monoisotopic (exact) mass is 393 g/mol. The minimum Gasteiger partial charge on any atom is -0.325 e. The van der Waals surface area contributed by atoms with Crippen LogP contribution in [0.1, 0.15) is 35.5 Å². The lowest BCUT2D eigenvalue weighted by molar-refractivity contribution is -0.116. The largest absolute Gasteiger partial charge is 0.325 e. The summed E-state index contributed by atoms with van der Waals surface area (Å²) in [5, 5.41) is 11.9. The smallest absolute Gasteiger partial charge is 0.240 e. The van der Waals surface area contributed by atoms with E-state index in [2.05, 4.69) is 27.0 Å². The van der Waals surface area contributed by atoms with E-state index >= 15 is 0 Å². The standard InChI is InChI=1S/C21H23N5OS/c1-4-17-23-24-21-26(17)25-18(15-8-6-5-7-9-15)19(28-21)20(27)22-16-11-10-13(2)12-14(16)3/h5-12,18-19,25H,4H2,1-3H3,(H,22,27)/t18-,19-/m1/s1. The molecule has 2 heterocycles. The number of rotatable bonds is 4. The fourth-order valence-electron chi connectivity index (χ4n) is 3.40. The molecule has 1 aromatic heterocycles. The Balaban J connectivity index is 1.67. The molecular weight excluding hydrogens is 370 g/mol. The summed E-state index contributed by atoms with van der Waals surface area (Å²) in [5.74, 6) is 0.808. The van der Waals surface area contributed by atoms with Gasteiger partial charge in [-0.15, -0.1) is 10.2 Å². The number of aryl methyl sites for hydroxylation is 3. The fourth-order valence-corrected chi connectivity index (χ4v) is 4.49. The molecule has 2 atom stereocenters. The average Bonchev–Trinajstić information content (AvgIpc) is 3.12. The summed E-state index contributed by atoms with van der Waals surface area (Å²) in [6.07, 6.45) is 0.765. The quantitative estimate of drug-likeness (QED) is 0.704. The first kappa shape index (κ1) is 18.6. The van der Waals surface area contributed by atoms with Gasteiger partial charge in [-0.25, -0.2) is 4.68 Å². The summed E-state index contributed by atoms with van der Waals surface area (Å²) < 4.78 is 1.91. The Hall–Kier alpha value is -2.80. The molecule has 6 nitrogen and oxygen atoms in total. The van der Waals surface area contributed by atoms with E-state index in [4.69, 9.17) is 0 Å². The van der Waals surface area contributed by atoms with Gasteiger partial charge in [0.15, 0.2) is 5.82 Å².